The highest BCUT2D eigenvalue weighted by Gasteiger charge is 2.43. The van der Waals surface area contributed by atoms with Crippen molar-refractivity contribution in [3.63, 3.8) is 0 Å². The number of hydrogen-bond acceptors (Lipinski definition) is 5. The summed E-state index contributed by atoms with van der Waals surface area (Å²) in [4.78, 5) is 27.7. The second-order valence-electron chi connectivity index (χ2n) is 15.4. The van der Waals surface area contributed by atoms with Crippen LogP contribution in [0.5, 0.6) is 0 Å². The number of rotatable bonds is 12. The fraction of sp³-hybridized carbons (Fsp3) is 0.487. The van der Waals surface area contributed by atoms with E-state index in [-0.39, 0.29) is 10.9 Å². The number of ether oxygens (including phenoxy) is 1. The first-order valence-electron chi connectivity index (χ1n) is 16.8. The van der Waals surface area contributed by atoms with Crippen molar-refractivity contribution >= 4 is 20.3 Å². The van der Waals surface area contributed by atoms with Gasteiger partial charge >= 0.3 is 6.09 Å². The van der Waals surface area contributed by atoms with Crippen molar-refractivity contribution in [2.45, 2.75) is 115 Å². The molecule has 0 aromatic heterocycles. The van der Waals surface area contributed by atoms with Crippen LogP contribution < -0.4 is 10.6 Å². The molecule has 0 bridgehead atoms. The third-order valence-corrected chi connectivity index (χ3v) is 13.9. The van der Waals surface area contributed by atoms with Crippen LogP contribution in [0, 0.1) is 5.92 Å². The van der Waals surface area contributed by atoms with Crippen molar-refractivity contribution in [3.05, 3.63) is 107 Å². The molecule has 3 aromatic rings. The van der Waals surface area contributed by atoms with E-state index < -0.39 is 50.2 Å². The van der Waals surface area contributed by atoms with E-state index in [0.717, 1.165) is 22.3 Å². The van der Waals surface area contributed by atoms with Crippen LogP contribution in [0.15, 0.2) is 84.9 Å². The Bertz CT molecular complexity index is 1470. The zero-order valence-electron chi connectivity index (χ0n) is 29.4. The maximum absolute atomic E-state index is 14.4. The number of hydrogen-bond donors (Lipinski definition) is 3. The van der Waals surface area contributed by atoms with Gasteiger partial charge in [0.05, 0.1) is 24.3 Å². The standard InChI is InChI=1S/C39H54N2O5Si/c1-38(2,3)45-37(44)40-32(24-28-19-13-10-14-20-28)34(46-47(7,8)39(4,5)6)26-30(23-27-17-11-9-12-18-27)36(43)41-35-31-22-16-15-21-29(31)25-33(35)42/h9-22,30,32-35,42H,23-26H2,1-8H3,(H,40,44)(H,41,43)/t30-,32+,33?,34+,35?/m1/s1. The number of alkyl carbamates (subject to hydrolysis) is 1. The van der Waals surface area contributed by atoms with Gasteiger partial charge in [0.15, 0.2) is 8.32 Å². The second kappa shape index (κ2) is 15.2. The Balaban J connectivity index is 1.72. The number of amides is 2. The first-order valence-corrected chi connectivity index (χ1v) is 19.7. The molecule has 3 N–H and O–H groups in total. The summed E-state index contributed by atoms with van der Waals surface area (Å²) in [6, 6.07) is 26.9. The summed E-state index contributed by atoms with van der Waals surface area (Å²) in [5, 5.41) is 17.3. The average Bonchev–Trinajstić information content (AvgIpc) is 3.30. The van der Waals surface area contributed by atoms with Crippen LogP contribution in [0.1, 0.15) is 76.3 Å². The fourth-order valence-electron chi connectivity index (χ4n) is 5.93. The van der Waals surface area contributed by atoms with Gasteiger partial charge in [-0.2, -0.15) is 0 Å². The number of carbonyl (C=O) groups is 2. The smallest absolute Gasteiger partial charge is 0.407 e. The molecular weight excluding hydrogens is 605 g/mol. The second-order valence-corrected chi connectivity index (χ2v) is 20.2. The summed E-state index contributed by atoms with van der Waals surface area (Å²) in [5.74, 6) is -0.639. The number of aliphatic hydroxyl groups is 1. The van der Waals surface area contributed by atoms with Gasteiger partial charge in [-0.05, 0) is 80.4 Å². The lowest BCUT2D eigenvalue weighted by Gasteiger charge is -2.42. The van der Waals surface area contributed by atoms with Crippen LogP contribution in [0.25, 0.3) is 0 Å². The molecule has 0 saturated heterocycles. The molecule has 0 spiro atoms. The molecule has 8 heteroatoms. The van der Waals surface area contributed by atoms with E-state index >= 15 is 0 Å². The zero-order chi connectivity index (χ0) is 34.4. The lowest BCUT2D eigenvalue weighted by molar-refractivity contribution is -0.127. The molecule has 0 saturated carbocycles. The molecule has 1 aliphatic carbocycles. The monoisotopic (exact) mass is 658 g/mol. The molecular formula is C39H54N2O5Si. The normalized spacial score (nSPS) is 18.5. The zero-order valence-corrected chi connectivity index (χ0v) is 30.4. The van der Waals surface area contributed by atoms with E-state index in [2.05, 4.69) is 44.5 Å². The van der Waals surface area contributed by atoms with Gasteiger partial charge in [0, 0.05) is 12.3 Å². The topological polar surface area (TPSA) is 96.9 Å². The summed E-state index contributed by atoms with van der Waals surface area (Å²) < 4.78 is 12.9. The van der Waals surface area contributed by atoms with E-state index in [0.29, 0.717) is 25.7 Å². The third-order valence-electron chi connectivity index (χ3n) is 9.42. The molecule has 0 aliphatic heterocycles. The predicted molar refractivity (Wildman–Crippen MR) is 191 cm³/mol. The van der Waals surface area contributed by atoms with Crippen molar-refractivity contribution in [1.82, 2.24) is 10.6 Å². The van der Waals surface area contributed by atoms with Crippen molar-refractivity contribution < 1.29 is 23.9 Å². The van der Waals surface area contributed by atoms with E-state index in [1.165, 1.54) is 0 Å². The Morgan fingerprint density at radius 3 is 1.98 bits per heavy atom. The Morgan fingerprint density at radius 2 is 1.40 bits per heavy atom. The molecule has 7 nitrogen and oxygen atoms in total. The van der Waals surface area contributed by atoms with E-state index in [1.54, 1.807) is 0 Å². The van der Waals surface area contributed by atoms with E-state index in [4.69, 9.17) is 9.16 Å². The van der Waals surface area contributed by atoms with Crippen molar-refractivity contribution in [2.24, 2.45) is 5.92 Å². The van der Waals surface area contributed by atoms with Gasteiger partial charge in [0.1, 0.15) is 5.60 Å². The molecule has 4 rings (SSSR count). The van der Waals surface area contributed by atoms with Gasteiger partial charge in [-0.15, -0.1) is 0 Å². The van der Waals surface area contributed by atoms with Crippen LogP contribution in [0.2, 0.25) is 18.1 Å². The van der Waals surface area contributed by atoms with Gasteiger partial charge in [-0.1, -0.05) is 106 Å². The highest BCUT2D eigenvalue weighted by Crippen LogP contribution is 2.39. The highest BCUT2D eigenvalue weighted by molar-refractivity contribution is 6.74. The average molecular weight is 659 g/mol. The molecule has 2 unspecified atom stereocenters. The number of aliphatic hydroxyl groups excluding tert-OH is 1. The minimum atomic E-state index is -2.40. The molecule has 0 radical (unpaired) electrons. The summed E-state index contributed by atoms with van der Waals surface area (Å²) in [6.07, 6.45) is 0.145. The molecule has 1 aliphatic rings. The van der Waals surface area contributed by atoms with Crippen LogP contribution in [-0.4, -0.2) is 49.3 Å². The number of fused-ring (bicyclic) bond motifs is 1. The first-order chi connectivity index (χ1) is 22.0. The molecule has 0 fully saturated rings. The van der Waals surface area contributed by atoms with Crippen LogP contribution in [0.4, 0.5) is 4.79 Å². The van der Waals surface area contributed by atoms with Crippen LogP contribution >= 0.6 is 0 Å². The van der Waals surface area contributed by atoms with E-state index in [9.17, 15) is 14.7 Å². The lowest BCUT2D eigenvalue weighted by Crippen LogP contribution is -2.54. The molecule has 47 heavy (non-hydrogen) atoms. The van der Waals surface area contributed by atoms with E-state index in [1.807, 2.05) is 106 Å². The van der Waals surface area contributed by atoms with Gasteiger partial charge in [-0.25, -0.2) is 4.79 Å². The highest BCUT2D eigenvalue weighted by atomic mass is 28.4. The van der Waals surface area contributed by atoms with Crippen LogP contribution in [0.3, 0.4) is 0 Å². The van der Waals surface area contributed by atoms with Gasteiger partial charge in [0.25, 0.3) is 0 Å². The number of nitrogens with one attached hydrogen (secondary N) is 2. The minimum Gasteiger partial charge on any atom is -0.444 e. The summed E-state index contributed by atoms with van der Waals surface area (Å²) in [7, 11) is -2.40. The lowest BCUT2D eigenvalue weighted by atomic mass is 9.88. The minimum absolute atomic E-state index is 0.108. The number of benzene rings is 3. The Morgan fingerprint density at radius 1 is 0.851 bits per heavy atom. The predicted octanol–water partition coefficient (Wildman–Crippen LogP) is 7.54. The summed E-state index contributed by atoms with van der Waals surface area (Å²) >= 11 is 0. The van der Waals surface area contributed by atoms with Crippen molar-refractivity contribution in [3.8, 4) is 0 Å². The largest absolute Gasteiger partial charge is 0.444 e. The Hall–Kier alpha value is -3.46. The molecule has 254 valence electrons. The summed E-state index contributed by atoms with van der Waals surface area (Å²) in [6.45, 7) is 16.5. The SMILES string of the molecule is CC(C)(C)OC(=O)N[C@@H](Cc1ccccc1)[C@H](C[C@@H](Cc1ccccc1)C(=O)NC1c2ccccc2CC1O)O[Si](C)(C)C(C)(C)C. The quantitative estimate of drug-likeness (QED) is 0.175. The number of carbonyl (C=O) groups excluding carboxylic acids is 2. The summed E-state index contributed by atoms with van der Waals surface area (Å²) in [5.41, 5.74) is 3.41. The maximum atomic E-state index is 14.4. The molecule has 5 atom stereocenters. The Kier molecular flexibility index (Phi) is 11.7. The molecule has 2 amide bonds. The van der Waals surface area contributed by atoms with Gasteiger partial charge < -0.3 is 24.9 Å². The first kappa shape index (κ1) is 36.4. The van der Waals surface area contributed by atoms with Gasteiger partial charge in [-0.3, -0.25) is 4.79 Å². The molecule has 0 heterocycles. The van der Waals surface area contributed by atoms with Crippen molar-refractivity contribution in [1.29, 1.82) is 0 Å². The fourth-order valence-corrected chi connectivity index (χ4v) is 7.30. The van der Waals surface area contributed by atoms with Crippen LogP contribution in [-0.2, 0) is 33.2 Å². The van der Waals surface area contributed by atoms with Crippen molar-refractivity contribution in [2.75, 3.05) is 0 Å². The Labute approximate surface area is 282 Å². The third kappa shape index (κ3) is 10.3. The van der Waals surface area contributed by atoms with Gasteiger partial charge in [0.2, 0.25) is 5.91 Å². The molecule has 3 aromatic carbocycles. The maximum Gasteiger partial charge on any atom is 0.407 e.